The molecule has 8 heteroatoms. The van der Waals surface area contributed by atoms with Crippen LogP contribution in [-0.2, 0) is 12.7 Å². The van der Waals surface area contributed by atoms with Crippen molar-refractivity contribution in [3.63, 3.8) is 0 Å². The van der Waals surface area contributed by atoms with Crippen molar-refractivity contribution in [1.29, 1.82) is 0 Å². The molecule has 0 saturated carbocycles. The van der Waals surface area contributed by atoms with E-state index in [1.807, 2.05) is 0 Å². The third-order valence-corrected chi connectivity index (χ3v) is 2.86. The Labute approximate surface area is 114 Å². The number of alkyl halides is 3. The number of pyridine rings is 1. The molecule has 0 saturated heterocycles. The van der Waals surface area contributed by atoms with Crippen LogP contribution in [0.25, 0.3) is 11.5 Å². The van der Waals surface area contributed by atoms with Gasteiger partial charge in [-0.25, -0.2) is 14.4 Å². The van der Waals surface area contributed by atoms with Crippen molar-refractivity contribution < 1.29 is 17.6 Å². The van der Waals surface area contributed by atoms with Gasteiger partial charge in [-0.05, 0) is 28.9 Å². The lowest BCUT2D eigenvalue weighted by molar-refractivity contribution is -0.140. The van der Waals surface area contributed by atoms with E-state index >= 15 is 0 Å². The molecule has 2 aromatic rings. The van der Waals surface area contributed by atoms with Crippen molar-refractivity contribution in [2.75, 3.05) is 0 Å². The summed E-state index contributed by atoms with van der Waals surface area (Å²) in [6.07, 6.45) is -2.42. The van der Waals surface area contributed by atoms with Gasteiger partial charge in [0.05, 0.1) is 0 Å². The van der Waals surface area contributed by atoms with Gasteiger partial charge in [-0.2, -0.15) is 13.2 Å². The number of hydrogen-bond acceptors (Lipinski definition) is 2. The Morgan fingerprint density at radius 2 is 2.05 bits per heavy atom. The van der Waals surface area contributed by atoms with Crippen LogP contribution in [0.15, 0.2) is 22.9 Å². The molecule has 0 N–H and O–H groups in total. The van der Waals surface area contributed by atoms with Crippen LogP contribution in [0, 0.1) is 5.82 Å². The topological polar surface area (TPSA) is 30.7 Å². The predicted octanol–water partition coefficient (Wildman–Crippen LogP) is 3.89. The van der Waals surface area contributed by atoms with E-state index in [4.69, 9.17) is 0 Å². The normalized spacial score (nSPS) is 11.9. The van der Waals surface area contributed by atoms with Gasteiger partial charge in [0.15, 0.2) is 17.3 Å². The molecule has 0 aromatic carbocycles. The highest BCUT2D eigenvalue weighted by molar-refractivity contribution is 9.10. The fourth-order valence-electron chi connectivity index (χ4n) is 1.56. The zero-order chi connectivity index (χ0) is 14.2. The first-order valence-electron chi connectivity index (χ1n) is 5.28. The molecule has 0 radical (unpaired) electrons. The Balaban J connectivity index is 2.58. The minimum absolute atomic E-state index is 0.139. The van der Waals surface area contributed by atoms with Gasteiger partial charge in [-0.15, -0.1) is 0 Å². The van der Waals surface area contributed by atoms with Crippen LogP contribution in [0.2, 0.25) is 0 Å². The van der Waals surface area contributed by atoms with E-state index in [0.717, 1.165) is 12.3 Å². The minimum Gasteiger partial charge on any atom is -0.329 e. The molecular formula is C11H8BrF4N3. The van der Waals surface area contributed by atoms with Gasteiger partial charge in [0.1, 0.15) is 5.69 Å². The summed E-state index contributed by atoms with van der Waals surface area (Å²) in [5.74, 6) is -0.872. The van der Waals surface area contributed by atoms with E-state index in [0.29, 0.717) is 4.47 Å². The Morgan fingerprint density at radius 1 is 1.37 bits per heavy atom. The summed E-state index contributed by atoms with van der Waals surface area (Å²) in [7, 11) is 0. The fourth-order valence-corrected chi connectivity index (χ4v) is 1.87. The number of nitrogens with zero attached hydrogens (tertiary/aromatic N) is 3. The van der Waals surface area contributed by atoms with Crippen molar-refractivity contribution >= 4 is 15.9 Å². The van der Waals surface area contributed by atoms with E-state index in [1.54, 1.807) is 6.92 Å². The second kappa shape index (κ2) is 4.92. The molecule has 2 aromatic heterocycles. The quantitative estimate of drug-likeness (QED) is 0.778. The highest BCUT2D eigenvalue weighted by Crippen LogP contribution is 2.31. The summed E-state index contributed by atoms with van der Waals surface area (Å²) in [6.45, 7) is 1.87. The lowest BCUT2D eigenvalue weighted by Crippen LogP contribution is -2.05. The Kier molecular flexibility index (Phi) is 3.62. The van der Waals surface area contributed by atoms with Crippen LogP contribution in [0.1, 0.15) is 12.6 Å². The lowest BCUT2D eigenvalue weighted by Gasteiger charge is -2.04. The number of halogens is 5. The summed E-state index contributed by atoms with van der Waals surface area (Å²) in [5.41, 5.74) is -1.27. The lowest BCUT2D eigenvalue weighted by atomic mass is 10.3. The van der Waals surface area contributed by atoms with E-state index < -0.39 is 17.7 Å². The maximum absolute atomic E-state index is 13.7. The Bertz CT molecular complexity index is 606. The third kappa shape index (κ3) is 2.78. The molecule has 0 aliphatic rings. The summed E-state index contributed by atoms with van der Waals surface area (Å²) >= 11 is 3.03. The zero-order valence-corrected chi connectivity index (χ0v) is 11.3. The van der Waals surface area contributed by atoms with Crippen LogP contribution in [0.5, 0.6) is 0 Å². The number of rotatable bonds is 2. The van der Waals surface area contributed by atoms with Gasteiger partial charge in [0.2, 0.25) is 0 Å². The largest absolute Gasteiger partial charge is 0.434 e. The maximum atomic E-state index is 13.7. The van der Waals surface area contributed by atoms with Crippen LogP contribution in [0.3, 0.4) is 0 Å². The van der Waals surface area contributed by atoms with Crippen LogP contribution in [0.4, 0.5) is 17.6 Å². The molecule has 0 unspecified atom stereocenters. The Hall–Kier alpha value is -1.44. The average Bonchev–Trinajstić information content (AvgIpc) is 2.72. The van der Waals surface area contributed by atoms with Crippen molar-refractivity contribution in [2.45, 2.75) is 19.6 Å². The van der Waals surface area contributed by atoms with Crippen molar-refractivity contribution in [3.8, 4) is 11.5 Å². The molecule has 19 heavy (non-hydrogen) atoms. The SMILES string of the molecule is CCn1cc(C(F)(F)F)nc1-c1ncc(Br)cc1F. The summed E-state index contributed by atoms with van der Waals surface area (Å²) < 4.78 is 53.1. The average molecular weight is 338 g/mol. The zero-order valence-electron chi connectivity index (χ0n) is 9.67. The van der Waals surface area contributed by atoms with E-state index in [1.165, 1.54) is 10.8 Å². The molecular weight excluding hydrogens is 330 g/mol. The maximum Gasteiger partial charge on any atom is 0.434 e. The molecule has 3 nitrogen and oxygen atoms in total. The van der Waals surface area contributed by atoms with Gasteiger partial charge < -0.3 is 4.57 Å². The van der Waals surface area contributed by atoms with Crippen molar-refractivity contribution in [2.24, 2.45) is 0 Å². The van der Waals surface area contributed by atoms with Gasteiger partial charge in [0.25, 0.3) is 0 Å². The second-order valence-electron chi connectivity index (χ2n) is 3.72. The van der Waals surface area contributed by atoms with Gasteiger partial charge in [-0.3, -0.25) is 0 Å². The first kappa shape index (κ1) is 14.0. The van der Waals surface area contributed by atoms with Crippen LogP contribution >= 0.6 is 15.9 Å². The van der Waals surface area contributed by atoms with Gasteiger partial charge >= 0.3 is 6.18 Å². The summed E-state index contributed by atoms with van der Waals surface area (Å²) in [5, 5.41) is 0. The highest BCUT2D eigenvalue weighted by atomic mass is 79.9. The molecule has 0 bridgehead atoms. The first-order chi connectivity index (χ1) is 8.82. The molecule has 0 aliphatic carbocycles. The standard InChI is InChI=1S/C11H8BrF4N3/c1-2-19-5-8(11(14,15)16)18-10(19)9-7(13)3-6(12)4-17-9/h3-5H,2H2,1H3. The van der Waals surface area contributed by atoms with E-state index in [2.05, 4.69) is 25.9 Å². The van der Waals surface area contributed by atoms with Gasteiger partial charge in [0, 0.05) is 23.4 Å². The molecule has 0 atom stereocenters. The summed E-state index contributed by atoms with van der Waals surface area (Å²) in [6, 6.07) is 1.13. The smallest absolute Gasteiger partial charge is 0.329 e. The number of aromatic nitrogens is 3. The van der Waals surface area contributed by atoms with Crippen molar-refractivity contribution in [1.82, 2.24) is 14.5 Å². The van der Waals surface area contributed by atoms with Crippen LogP contribution in [-0.4, -0.2) is 14.5 Å². The third-order valence-electron chi connectivity index (χ3n) is 2.43. The molecule has 0 fully saturated rings. The molecule has 0 amide bonds. The number of hydrogen-bond donors (Lipinski definition) is 0. The van der Waals surface area contributed by atoms with Gasteiger partial charge in [-0.1, -0.05) is 0 Å². The van der Waals surface area contributed by atoms with Crippen LogP contribution < -0.4 is 0 Å². The van der Waals surface area contributed by atoms with E-state index in [-0.39, 0.29) is 18.1 Å². The molecule has 2 heterocycles. The molecule has 2 rings (SSSR count). The van der Waals surface area contributed by atoms with Crippen molar-refractivity contribution in [3.05, 3.63) is 34.4 Å². The first-order valence-corrected chi connectivity index (χ1v) is 6.08. The molecule has 0 spiro atoms. The molecule has 102 valence electrons. The minimum atomic E-state index is -4.57. The predicted molar refractivity (Wildman–Crippen MR) is 63.8 cm³/mol. The number of aryl methyl sites for hydroxylation is 1. The second-order valence-corrected chi connectivity index (χ2v) is 4.63. The molecule has 0 aliphatic heterocycles. The highest BCUT2D eigenvalue weighted by Gasteiger charge is 2.35. The Morgan fingerprint density at radius 3 is 2.58 bits per heavy atom. The fraction of sp³-hybridized carbons (Fsp3) is 0.273. The number of imidazole rings is 1. The monoisotopic (exact) mass is 337 g/mol. The van der Waals surface area contributed by atoms with E-state index in [9.17, 15) is 17.6 Å². The summed E-state index contributed by atoms with van der Waals surface area (Å²) in [4.78, 5) is 7.21.